The number of nitrogens with zero attached hydrogens (tertiary/aromatic N) is 1. The zero-order chi connectivity index (χ0) is 21.3. The van der Waals surface area contributed by atoms with Gasteiger partial charge in [0, 0.05) is 13.1 Å². The summed E-state index contributed by atoms with van der Waals surface area (Å²) in [5, 5.41) is 5.56. The first-order valence-electron chi connectivity index (χ1n) is 10.0. The molecule has 0 saturated heterocycles. The molecule has 0 atom stereocenters. The zero-order valence-electron chi connectivity index (χ0n) is 17.5. The molecule has 0 aliphatic carbocycles. The molecule has 1 heterocycles. The predicted octanol–water partition coefficient (Wildman–Crippen LogP) is 2.61. The van der Waals surface area contributed by atoms with E-state index in [0.717, 1.165) is 19.3 Å². The molecule has 0 saturated carbocycles. The smallest absolute Gasteiger partial charge is 0.407 e. The highest BCUT2D eigenvalue weighted by molar-refractivity contribution is 6.00. The Morgan fingerprint density at radius 3 is 2.52 bits per heavy atom. The molecule has 8 nitrogen and oxygen atoms in total. The number of anilines is 1. The van der Waals surface area contributed by atoms with Gasteiger partial charge in [-0.2, -0.15) is 0 Å². The molecule has 0 unspecified atom stereocenters. The average Bonchev–Trinajstić information content (AvgIpc) is 2.79. The van der Waals surface area contributed by atoms with Crippen molar-refractivity contribution in [2.24, 2.45) is 0 Å². The maximum absolute atomic E-state index is 12.3. The average molecular weight is 405 g/mol. The molecule has 0 fully saturated rings. The Balaban J connectivity index is 1.65. The third-order valence-corrected chi connectivity index (χ3v) is 4.18. The first kappa shape index (κ1) is 22.5. The third-order valence-electron chi connectivity index (χ3n) is 4.18. The van der Waals surface area contributed by atoms with Crippen molar-refractivity contribution >= 4 is 23.6 Å². The number of ether oxygens (including phenoxy) is 2. The Labute approximate surface area is 171 Å². The van der Waals surface area contributed by atoms with Gasteiger partial charge in [0.15, 0.2) is 0 Å². The molecule has 1 aliphatic rings. The van der Waals surface area contributed by atoms with Gasteiger partial charge < -0.3 is 20.1 Å². The minimum atomic E-state index is -0.504. The molecule has 2 rings (SSSR count). The largest absolute Gasteiger partial charge is 0.491 e. The highest BCUT2D eigenvalue weighted by Crippen LogP contribution is 2.30. The van der Waals surface area contributed by atoms with E-state index in [1.54, 1.807) is 12.1 Å². The first-order valence-corrected chi connectivity index (χ1v) is 10.0. The molecular formula is C21H31N3O5. The molecule has 1 aromatic rings. The molecule has 0 aromatic heterocycles. The van der Waals surface area contributed by atoms with Gasteiger partial charge in [0.1, 0.15) is 17.9 Å². The van der Waals surface area contributed by atoms with Gasteiger partial charge in [0.2, 0.25) is 11.8 Å². The number of para-hydroxylation sites is 2. The molecule has 1 aliphatic heterocycles. The Bertz CT molecular complexity index is 715. The van der Waals surface area contributed by atoms with E-state index in [1.165, 1.54) is 4.90 Å². The molecule has 3 amide bonds. The number of carbonyl (C=O) groups excluding carboxylic acids is 3. The van der Waals surface area contributed by atoms with E-state index in [9.17, 15) is 14.4 Å². The Morgan fingerprint density at radius 2 is 1.79 bits per heavy atom. The first-order chi connectivity index (χ1) is 13.8. The van der Waals surface area contributed by atoms with Crippen molar-refractivity contribution in [2.45, 2.75) is 52.1 Å². The van der Waals surface area contributed by atoms with Crippen LogP contribution in [-0.2, 0) is 14.3 Å². The summed E-state index contributed by atoms with van der Waals surface area (Å²) in [7, 11) is 0. The normalized spacial score (nSPS) is 13.8. The van der Waals surface area contributed by atoms with Gasteiger partial charge >= 0.3 is 6.09 Å². The monoisotopic (exact) mass is 405 g/mol. The maximum atomic E-state index is 12.3. The summed E-state index contributed by atoms with van der Waals surface area (Å²) in [6.07, 6.45) is 2.26. The number of nitrogens with one attached hydrogen (secondary N) is 2. The predicted molar refractivity (Wildman–Crippen MR) is 110 cm³/mol. The van der Waals surface area contributed by atoms with Crippen molar-refractivity contribution < 1.29 is 23.9 Å². The van der Waals surface area contributed by atoms with Crippen LogP contribution in [0.4, 0.5) is 10.5 Å². The van der Waals surface area contributed by atoms with E-state index in [-0.39, 0.29) is 24.8 Å². The SMILES string of the molecule is CC(C)(C)OC(=O)NCCCCCNC(=O)CN1C(=O)CCOc2ccccc21. The van der Waals surface area contributed by atoms with Crippen LogP contribution in [0.5, 0.6) is 5.75 Å². The molecule has 2 N–H and O–H groups in total. The third kappa shape index (κ3) is 8.01. The molecular weight excluding hydrogens is 374 g/mol. The number of rotatable bonds is 8. The fourth-order valence-electron chi connectivity index (χ4n) is 2.85. The fraction of sp³-hybridized carbons (Fsp3) is 0.571. The lowest BCUT2D eigenvalue weighted by molar-refractivity contribution is -0.123. The van der Waals surface area contributed by atoms with Crippen molar-refractivity contribution in [2.75, 3.05) is 31.1 Å². The Hall–Kier alpha value is -2.77. The van der Waals surface area contributed by atoms with Crippen LogP contribution in [0.1, 0.15) is 46.5 Å². The van der Waals surface area contributed by atoms with Crippen LogP contribution in [-0.4, -0.2) is 49.7 Å². The Morgan fingerprint density at radius 1 is 1.10 bits per heavy atom. The van der Waals surface area contributed by atoms with Crippen molar-refractivity contribution in [1.29, 1.82) is 0 Å². The molecule has 1 aromatic carbocycles. The summed E-state index contributed by atoms with van der Waals surface area (Å²) in [6.45, 7) is 6.79. The van der Waals surface area contributed by atoms with E-state index in [0.29, 0.717) is 31.1 Å². The lowest BCUT2D eigenvalue weighted by Gasteiger charge is -2.21. The summed E-state index contributed by atoms with van der Waals surface area (Å²) in [5.74, 6) is 0.281. The lowest BCUT2D eigenvalue weighted by Crippen LogP contribution is -2.40. The molecule has 8 heteroatoms. The fourth-order valence-corrected chi connectivity index (χ4v) is 2.85. The van der Waals surface area contributed by atoms with Gasteiger partial charge in [-0.1, -0.05) is 12.1 Å². The number of fused-ring (bicyclic) bond motifs is 1. The molecule has 0 radical (unpaired) electrons. The van der Waals surface area contributed by atoms with Crippen LogP contribution in [0.15, 0.2) is 24.3 Å². The number of alkyl carbamates (subject to hydrolysis) is 1. The topological polar surface area (TPSA) is 97.0 Å². The maximum Gasteiger partial charge on any atom is 0.407 e. The Kier molecular flexibility index (Phi) is 8.30. The highest BCUT2D eigenvalue weighted by Gasteiger charge is 2.24. The van der Waals surface area contributed by atoms with Gasteiger partial charge in [-0.25, -0.2) is 4.79 Å². The van der Waals surface area contributed by atoms with E-state index in [4.69, 9.17) is 9.47 Å². The van der Waals surface area contributed by atoms with Crippen LogP contribution in [0, 0.1) is 0 Å². The molecule has 29 heavy (non-hydrogen) atoms. The minimum Gasteiger partial charge on any atom is -0.491 e. The summed E-state index contributed by atoms with van der Waals surface area (Å²) < 4.78 is 10.7. The summed E-state index contributed by atoms with van der Waals surface area (Å²) >= 11 is 0. The van der Waals surface area contributed by atoms with Gasteiger partial charge in [-0.3, -0.25) is 14.5 Å². The van der Waals surface area contributed by atoms with E-state index >= 15 is 0 Å². The van der Waals surface area contributed by atoms with Crippen LogP contribution >= 0.6 is 0 Å². The van der Waals surface area contributed by atoms with Crippen molar-refractivity contribution in [3.63, 3.8) is 0 Å². The quantitative estimate of drug-likeness (QED) is 0.648. The van der Waals surface area contributed by atoms with E-state index in [2.05, 4.69) is 10.6 Å². The highest BCUT2D eigenvalue weighted by atomic mass is 16.6. The molecule has 160 valence electrons. The number of amides is 3. The van der Waals surface area contributed by atoms with Crippen LogP contribution in [0.3, 0.4) is 0 Å². The summed E-state index contributed by atoms with van der Waals surface area (Å²) in [4.78, 5) is 37.6. The van der Waals surface area contributed by atoms with Gasteiger partial charge in [-0.15, -0.1) is 0 Å². The lowest BCUT2D eigenvalue weighted by atomic mass is 10.2. The standard InChI is InChI=1S/C21H31N3O5/c1-21(2,3)29-20(27)23-13-8-4-7-12-22-18(25)15-24-16-9-5-6-10-17(16)28-14-11-19(24)26/h5-6,9-10H,4,7-8,11-15H2,1-3H3,(H,22,25)(H,23,27). The van der Waals surface area contributed by atoms with E-state index in [1.807, 2.05) is 32.9 Å². The van der Waals surface area contributed by atoms with Gasteiger partial charge in [0.05, 0.1) is 18.7 Å². The van der Waals surface area contributed by atoms with Crippen LogP contribution < -0.4 is 20.3 Å². The molecule has 0 spiro atoms. The number of carbonyl (C=O) groups is 3. The van der Waals surface area contributed by atoms with Crippen molar-refractivity contribution in [3.05, 3.63) is 24.3 Å². The number of hydrogen-bond acceptors (Lipinski definition) is 5. The number of hydrogen-bond donors (Lipinski definition) is 2. The van der Waals surface area contributed by atoms with Gasteiger partial charge in [0.25, 0.3) is 0 Å². The second-order valence-electron chi connectivity index (χ2n) is 7.89. The minimum absolute atomic E-state index is 0.0284. The summed E-state index contributed by atoms with van der Waals surface area (Å²) in [5.41, 5.74) is 0.119. The van der Waals surface area contributed by atoms with Gasteiger partial charge in [-0.05, 0) is 52.2 Å². The van der Waals surface area contributed by atoms with Crippen LogP contribution in [0.25, 0.3) is 0 Å². The molecule has 0 bridgehead atoms. The van der Waals surface area contributed by atoms with Crippen molar-refractivity contribution in [1.82, 2.24) is 10.6 Å². The number of unbranched alkanes of at least 4 members (excludes halogenated alkanes) is 2. The van der Waals surface area contributed by atoms with Crippen molar-refractivity contribution in [3.8, 4) is 5.75 Å². The number of benzene rings is 1. The summed E-state index contributed by atoms with van der Waals surface area (Å²) in [6, 6.07) is 7.23. The zero-order valence-corrected chi connectivity index (χ0v) is 17.5. The second kappa shape index (κ2) is 10.7. The van der Waals surface area contributed by atoms with E-state index < -0.39 is 11.7 Å². The van der Waals surface area contributed by atoms with Crippen LogP contribution in [0.2, 0.25) is 0 Å². The second-order valence-corrected chi connectivity index (χ2v) is 7.89.